The molecule has 0 saturated heterocycles. The lowest BCUT2D eigenvalue weighted by molar-refractivity contribution is -0.121. The fraction of sp³-hybridized carbons (Fsp3) is 0.588. The first-order valence-electron chi connectivity index (χ1n) is 8.09. The number of carbonyl (C=O) groups excluding carboxylic acids is 1. The molecule has 2 rings (SSSR count). The van der Waals surface area contributed by atoms with Gasteiger partial charge in [-0.15, -0.1) is 0 Å². The molecule has 5 heteroatoms. The summed E-state index contributed by atoms with van der Waals surface area (Å²) in [6.07, 6.45) is 5.70. The Morgan fingerprint density at radius 1 is 1.27 bits per heavy atom. The van der Waals surface area contributed by atoms with E-state index in [9.17, 15) is 9.90 Å². The van der Waals surface area contributed by atoms with Crippen LogP contribution in [-0.4, -0.2) is 30.1 Å². The normalized spacial score (nSPS) is 17.2. The first-order valence-corrected chi connectivity index (χ1v) is 8.47. The molecular weight excluding hydrogens is 300 g/mol. The molecule has 1 fully saturated rings. The highest BCUT2D eigenvalue weighted by Gasteiger charge is 2.15. The molecule has 0 aromatic heterocycles. The first-order chi connectivity index (χ1) is 10.7. The highest BCUT2D eigenvalue weighted by Crippen LogP contribution is 2.21. The SMILES string of the molecule is O=C(CCNC[C@H](O)c1ccccc1Cl)NC1CCCCC1. The van der Waals surface area contributed by atoms with Crippen molar-refractivity contribution in [2.24, 2.45) is 0 Å². The van der Waals surface area contributed by atoms with Crippen molar-refractivity contribution in [3.05, 3.63) is 34.9 Å². The van der Waals surface area contributed by atoms with E-state index in [0.29, 0.717) is 36.1 Å². The van der Waals surface area contributed by atoms with Crippen LogP contribution in [0.4, 0.5) is 0 Å². The second-order valence-electron chi connectivity index (χ2n) is 5.89. The van der Waals surface area contributed by atoms with Crippen molar-refractivity contribution >= 4 is 17.5 Å². The molecule has 1 aromatic carbocycles. The number of halogens is 1. The maximum atomic E-state index is 11.8. The molecule has 1 aliphatic carbocycles. The van der Waals surface area contributed by atoms with Gasteiger partial charge in [0.2, 0.25) is 5.91 Å². The number of carbonyl (C=O) groups is 1. The summed E-state index contributed by atoms with van der Waals surface area (Å²) in [6, 6.07) is 7.61. The smallest absolute Gasteiger partial charge is 0.221 e. The van der Waals surface area contributed by atoms with Gasteiger partial charge >= 0.3 is 0 Å². The summed E-state index contributed by atoms with van der Waals surface area (Å²) in [5.41, 5.74) is 0.711. The third kappa shape index (κ3) is 5.59. The molecule has 0 bridgehead atoms. The van der Waals surface area contributed by atoms with Gasteiger partial charge in [-0.25, -0.2) is 0 Å². The fourth-order valence-electron chi connectivity index (χ4n) is 2.84. The Kier molecular flexibility index (Phi) is 7.16. The lowest BCUT2D eigenvalue weighted by Gasteiger charge is -2.22. The summed E-state index contributed by atoms with van der Waals surface area (Å²) in [6.45, 7) is 0.945. The highest BCUT2D eigenvalue weighted by molar-refractivity contribution is 6.31. The third-order valence-corrected chi connectivity index (χ3v) is 4.45. The standard InChI is InChI=1S/C17H25ClN2O2/c18-15-9-5-4-8-14(15)16(21)12-19-11-10-17(22)20-13-6-2-1-3-7-13/h4-5,8-9,13,16,19,21H,1-3,6-7,10-12H2,(H,20,22)/t16-/m0/s1. The van der Waals surface area contributed by atoms with Crippen LogP contribution in [0.15, 0.2) is 24.3 Å². The van der Waals surface area contributed by atoms with E-state index in [1.165, 1.54) is 19.3 Å². The Hall–Kier alpha value is -1.10. The molecule has 0 spiro atoms. The first kappa shape index (κ1) is 17.3. The number of amides is 1. The van der Waals surface area contributed by atoms with E-state index in [2.05, 4.69) is 10.6 Å². The highest BCUT2D eigenvalue weighted by atomic mass is 35.5. The summed E-state index contributed by atoms with van der Waals surface area (Å²) in [4.78, 5) is 11.8. The molecule has 122 valence electrons. The van der Waals surface area contributed by atoms with Gasteiger partial charge in [0.1, 0.15) is 0 Å². The molecular formula is C17H25ClN2O2. The van der Waals surface area contributed by atoms with Crippen LogP contribution >= 0.6 is 11.6 Å². The largest absolute Gasteiger partial charge is 0.387 e. The quantitative estimate of drug-likeness (QED) is 0.676. The van der Waals surface area contributed by atoms with E-state index in [0.717, 1.165) is 12.8 Å². The molecule has 0 radical (unpaired) electrons. The molecule has 1 aromatic rings. The van der Waals surface area contributed by atoms with Crippen molar-refractivity contribution in [2.75, 3.05) is 13.1 Å². The van der Waals surface area contributed by atoms with Crippen LogP contribution in [0.3, 0.4) is 0 Å². The van der Waals surface area contributed by atoms with Gasteiger partial charge in [0.05, 0.1) is 6.10 Å². The van der Waals surface area contributed by atoms with Crippen LogP contribution in [0.5, 0.6) is 0 Å². The van der Waals surface area contributed by atoms with Crippen molar-refractivity contribution in [1.29, 1.82) is 0 Å². The number of hydrogen-bond acceptors (Lipinski definition) is 3. The van der Waals surface area contributed by atoms with Crippen LogP contribution in [0, 0.1) is 0 Å². The number of nitrogens with one attached hydrogen (secondary N) is 2. The van der Waals surface area contributed by atoms with Crippen LogP contribution in [0.25, 0.3) is 0 Å². The predicted molar refractivity (Wildman–Crippen MR) is 88.9 cm³/mol. The van der Waals surface area contributed by atoms with Gasteiger partial charge in [-0.1, -0.05) is 49.1 Å². The molecule has 1 amide bonds. The van der Waals surface area contributed by atoms with Crippen molar-refractivity contribution in [3.63, 3.8) is 0 Å². The van der Waals surface area contributed by atoms with Crippen molar-refractivity contribution in [3.8, 4) is 0 Å². The van der Waals surface area contributed by atoms with Crippen LogP contribution in [-0.2, 0) is 4.79 Å². The van der Waals surface area contributed by atoms with Crippen molar-refractivity contribution in [1.82, 2.24) is 10.6 Å². The van der Waals surface area contributed by atoms with Crippen molar-refractivity contribution < 1.29 is 9.90 Å². The minimum absolute atomic E-state index is 0.0895. The van der Waals surface area contributed by atoms with E-state index in [4.69, 9.17) is 11.6 Å². The van der Waals surface area contributed by atoms with Gasteiger partial charge in [-0.2, -0.15) is 0 Å². The summed E-state index contributed by atoms with van der Waals surface area (Å²) < 4.78 is 0. The molecule has 0 unspecified atom stereocenters. The number of aliphatic hydroxyl groups is 1. The van der Waals surface area contributed by atoms with E-state index in [1.807, 2.05) is 18.2 Å². The lowest BCUT2D eigenvalue weighted by atomic mass is 9.95. The maximum absolute atomic E-state index is 11.8. The fourth-order valence-corrected chi connectivity index (χ4v) is 3.10. The molecule has 22 heavy (non-hydrogen) atoms. The van der Waals surface area contributed by atoms with Crippen LogP contribution in [0.1, 0.15) is 50.2 Å². The summed E-state index contributed by atoms with van der Waals surface area (Å²) in [5.74, 6) is 0.0895. The predicted octanol–water partition coefficient (Wildman–Crippen LogP) is 2.80. The zero-order valence-electron chi connectivity index (χ0n) is 12.9. The van der Waals surface area contributed by atoms with Gasteiger partial charge in [0.25, 0.3) is 0 Å². The van der Waals surface area contributed by atoms with Gasteiger partial charge in [0.15, 0.2) is 0 Å². The average Bonchev–Trinajstić information content (AvgIpc) is 2.53. The molecule has 1 aliphatic rings. The Labute approximate surface area is 137 Å². The monoisotopic (exact) mass is 324 g/mol. The molecule has 4 nitrogen and oxygen atoms in total. The van der Waals surface area contributed by atoms with E-state index in [-0.39, 0.29) is 5.91 Å². The maximum Gasteiger partial charge on any atom is 0.221 e. The van der Waals surface area contributed by atoms with Crippen LogP contribution < -0.4 is 10.6 Å². The Bertz CT molecular complexity index is 475. The second-order valence-corrected chi connectivity index (χ2v) is 6.30. The third-order valence-electron chi connectivity index (χ3n) is 4.10. The van der Waals surface area contributed by atoms with Gasteiger partial charge in [-0.05, 0) is 18.9 Å². The van der Waals surface area contributed by atoms with Gasteiger partial charge in [0, 0.05) is 36.1 Å². The van der Waals surface area contributed by atoms with Crippen LogP contribution in [0.2, 0.25) is 5.02 Å². The molecule has 3 N–H and O–H groups in total. The van der Waals surface area contributed by atoms with Gasteiger partial charge in [-0.3, -0.25) is 4.79 Å². The minimum atomic E-state index is -0.657. The lowest BCUT2D eigenvalue weighted by Crippen LogP contribution is -2.37. The second kappa shape index (κ2) is 9.13. The summed E-state index contributed by atoms with van der Waals surface area (Å²) >= 11 is 6.04. The number of benzene rings is 1. The van der Waals surface area contributed by atoms with E-state index < -0.39 is 6.10 Å². The van der Waals surface area contributed by atoms with E-state index in [1.54, 1.807) is 6.07 Å². The van der Waals surface area contributed by atoms with E-state index >= 15 is 0 Å². The Morgan fingerprint density at radius 2 is 2.00 bits per heavy atom. The molecule has 0 heterocycles. The molecule has 0 aliphatic heterocycles. The summed E-state index contributed by atoms with van der Waals surface area (Å²) in [5, 5.41) is 16.8. The number of aliphatic hydroxyl groups excluding tert-OH is 1. The Balaban J connectivity index is 1.62. The Morgan fingerprint density at radius 3 is 2.73 bits per heavy atom. The average molecular weight is 325 g/mol. The number of rotatable bonds is 7. The molecule has 1 atom stereocenters. The zero-order chi connectivity index (χ0) is 15.8. The topological polar surface area (TPSA) is 61.4 Å². The number of hydrogen-bond donors (Lipinski definition) is 3. The van der Waals surface area contributed by atoms with Crippen molar-refractivity contribution in [2.45, 2.75) is 50.7 Å². The summed E-state index contributed by atoms with van der Waals surface area (Å²) in [7, 11) is 0. The van der Waals surface area contributed by atoms with Gasteiger partial charge < -0.3 is 15.7 Å². The zero-order valence-corrected chi connectivity index (χ0v) is 13.6. The molecule has 1 saturated carbocycles. The minimum Gasteiger partial charge on any atom is -0.387 e.